The lowest BCUT2D eigenvalue weighted by molar-refractivity contribution is -0.134. The van der Waals surface area contributed by atoms with Gasteiger partial charge in [-0.15, -0.1) is 0 Å². The van der Waals surface area contributed by atoms with Crippen molar-refractivity contribution in [2.24, 2.45) is 5.92 Å². The van der Waals surface area contributed by atoms with Crippen LogP contribution >= 0.6 is 11.6 Å². The summed E-state index contributed by atoms with van der Waals surface area (Å²) in [4.78, 5) is 28.8. The molecule has 140 valence electrons. The molecule has 27 heavy (non-hydrogen) atoms. The van der Waals surface area contributed by atoms with Crippen LogP contribution in [-0.4, -0.2) is 47.8 Å². The van der Waals surface area contributed by atoms with E-state index in [1.165, 1.54) is 6.07 Å². The largest absolute Gasteiger partial charge is 0.339 e. The summed E-state index contributed by atoms with van der Waals surface area (Å²) in [5.41, 5.74) is 1.19. The third-order valence-electron chi connectivity index (χ3n) is 5.36. The minimum absolute atomic E-state index is 0.0233. The quantitative estimate of drug-likeness (QED) is 0.809. The Labute approximate surface area is 162 Å². The van der Waals surface area contributed by atoms with Gasteiger partial charge in [0.05, 0.1) is 0 Å². The molecule has 2 fully saturated rings. The molecule has 1 saturated heterocycles. The molecule has 4 rings (SSSR count). The van der Waals surface area contributed by atoms with Crippen LogP contribution < -0.4 is 0 Å². The van der Waals surface area contributed by atoms with Crippen LogP contribution in [0.4, 0.5) is 4.39 Å². The predicted octanol–water partition coefficient (Wildman–Crippen LogP) is 3.57. The van der Waals surface area contributed by atoms with Crippen LogP contribution in [0.3, 0.4) is 0 Å². The third-order valence-corrected chi connectivity index (χ3v) is 5.60. The maximum atomic E-state index is 13.9. The van der Waals surface area contributed by atoms with Crippen LogP contribution in [0, 0.1) is 11.7 Å². The van der Waals surface area contributed by atoms with Crippen LogP contribution in [0.2, 0.25) is 5.02 Å². The summed E-state index contributed by atoms with van der Waals surface area (Å²) >= 11 is 5.96. The van der Waals surface area contributed by atoms with Crippen molar-refractivity contribution in [2.75, 3.05) is 26.2 Å². The van der Waals surface area contributed by atoms with Crippen LogP contribution in [0.25, 0.3) is 0 Å². The average molecular weight is 387 g/mol. The molecule has 4 nitrogen and oxygen atoms in total. The highest BCUT2D eigenvalue weighted by Gasteiger charge is 2.47. The van der Waals surface area contributed by atoms with Gasteiger partial charge >= 0.3 is 0 Å². The molecular weight excluding hydrogens is 367 g/mol. The van der Waals surface area contributed by atoms with Crippen molar-refractivity contribution < 1.29 is 14.0 Å². The summed E-state index contributed by atoms with van der Waals surface area (Å²) in [5, 5.41) is 0.530. The first-order valence-corrected chi connectivity index (χ1v) is 9.50. The van der Waals surface area contributed by atoms with Gasteiger partial charge in [0.1, 0.15) is 5.82 Å². The normalized spacial score (nSPS) is 21.9. The van der Waals surface area contributed by atoms with Gasteiger partial charge in [0.25, 0.3) is 5.91 Å². The predicted molar refractivity (Wildman–Crippen MR) is 101 cm³/mol. The first-order valence-electron chi connectivity index (χ1n) is 9.12. The Kier molecular flexibility index (Phi) is 4.87. The Bertz CT molecular complexity index is 880. The highest BCUT2D eigenvalue weighted by Crippen LogP contribution is 2.49. The van der Waals surface area contributed by atoms with Crippen molar-refractivity contribution in [1.82, 2.24) is 9.80 Å². The number of rotatable bonds is 3. The first-order chi connectivity index (χ1) is 13.0. The van der Waals surface area contributed by atoms with E-state index in [4.69, 9.17) is 11.6 Å². The van der Waals surface area contributed by atoms with Crippen LogP contribution in [-0.2, 0) is 4.79 Å². The Morgan fingerprint density at radius 2 is 1.67 bits per heavy atom. The fourth-order valence-electron chi connectivity index (χ4n) is 3.76. The number of nitrogens with zero attached hydrogens (tertiary/aromatic N) is 2. The van der Waals surface area contributed by atoms with E-state index in [1.807, 2.05) is 0 Å². The highest BCUT2D eigenvalue weighted by molar-refractivity contribution is 6.30. The van der Waals surface area contributed by atoms with Crippen molar-refractivity contribution in [3.8, 4) is 0 Å². The summed E-state index contributed by atoms with van der Waals surface area (Å²) in [6.07, 6.45) is 0.696. The molecule has 2 atom stereocenters. The Morgan fingerprint density at radius 1 is 0.963 bits per heavy atom. The molecule has 0 radical (unpaired) electrons. The number of carbonyl (C=O) groups excluding carboxylic acids is 2. The number of halogens is 2. The number of carbonyl (C=O) groups is 2. The maximum Gasteiger partial charge on any atom is 0.254 e. The smallest absolute Gasteiger partial charge is 0.254 e. The van der Waals surface area contributed by atoms with Crippen molar-refractivity contribution >= 4 is 23.4 Å². The van der Waals surface area contributed by atoms with Gasteiger partial charge in [-0.05, 0) is 42.2 Å². The highest BCUT2D eigenvalue weighted by atomic mass is 35.5. The summed E-state index contributed by atoms with van der Waals surface area (Å²) in [6, 6.07) is 13.6. The van der Waals surface area contributed by atoms with E-state index in [-0.39, 0.29) is 29.5 Å². The lowest BCUT2D eigenvalue weighted by Gasteiger charge is -2.35. The molecule has 1 heterocycles. The topological polar surface area (TPSA) is 40.6 Å². The molecular formula is C21H20ClFN2O2. The molecule has 6 heteroatoms. The first kappa shape index (κ1) is 18.0. The van der Waals surface area contributed by atoms with Crippen molar-refractivity contribution in [2.45, 2.75) is 12.3 Å². The van der Waals surface area contributed by atoms with E-state index in [2.05, 4.69) is 0 Å². The van der Waals surface area contributed by atoms with Gasteiger partial charge in [-0.1, -0.05) is 35.9 Å². The summed E-state index contributed by atoms with van der Waals surface area (Å²) < 4.78 is 13.9. The lowest BCUT2D eigenvalue weighted by Crippen LogP contribution is -2.51. The molecule has 0 N–H and O–H groups in total. The van der Waals surface area contributed by atoms with E-state index in [0.717, 1.165) is 0 Å². The van der Waals surface area contributed by atoms with Gasteiger partial charge < -0.3 is 9.80 Å². The average Bonchev–Trinajstić information content (AvgIpc) is 3.48. The van der Waals surface area contributed by atoms with Crippen LogP contribution in [0.5, 0.6) is 0 Å². The zero-order valence-corrected chi connectivity index (χ0v) is 15.5. The number of amides is 2. The van der Waals surface area contributed by atoms with Crippen molar-refractivity contribution in [1.29, 1.82) is 0 Å². The number of piperazine rings is 1. The molecule has 2 unspecified atom stereocenters. The van der Waals surface area contributed by atoms with Gasteiger partial charge in [-0.25, -0.2) is 4.39 Å². The summed E-state index contributed by atoms with van der Waals surface area (Å²) in [7, 11) is 0. The molecule has 2 aliphatic rings. The number of hydrogen-bond donors (Lipinski definition) is 0. The second-order valence-electron chi connectivity index (χ2n) is 7.10. The van der Waals surface area contributed by atoms with Crippen LogP contribution in [0.15, 0.2) is 48.5 Å². The van der Waals surface area contributed by atoms with Gasteiger partial charge in [-0.2, -0.15) is 0 Å². The third kappa shape index (κ3) is 3.69. The van der Waals surface area contributed by atoms with E-state index in [1.54, 1.807) is 52.3 Å². The van der Waals surface area contributed by atoms with E-state index in [0.29, 0.717) is 48.7 Å². The molecule has 1 aliphatic heterocycles. The number of benzene rings is 2. The van der Waals surface area contributed by atoms with Crippen molar-refractivity contribution in [3.05, 3.63) is 70.5 Å². The molecule has 0 spiro atoms. The van der Waals surface area contributed by atoms with E-state index < -0.39 is 0 Å². The second-order valence-corrected chi connectivity index (χ2v) is 7.53. The monoisotopic (exact) mass is 386 g/mol. The van der Waals surface area contributed by atoms with E-state index in [9.17, 15) is 14.0 Å². The summed E-state index contributed by atoms with van der Waals surface area (Å²) in [5.74, 6) is -0.407. The van der Waals surface area contributed by atoms with Gasteiger partial charge in [0.15, 0.2) is 0 Å². The molecule has 2 aromatic rings. The molecule has 2 aromatic carbocycles. The van der Waals surface area contributed by atoms with Gasteiger partial charge in [-0.3, -0.25) is 9.59 Å². The Balaban J connectivity index is 1.34. The molecule has 1 aliphatic carbocycles. The molecule has 0 bridgehead atoms. The second kappa shape index (κ2) is 7.31. The molecule has 1 saturated carbocycles. The van der Waals surface area contributed by atoms with E-state index >= 15 is 0 Å². The Morgan fingerprint density at radius 3 is 2.37 bits per heavy atom. The van der Waals surface area contributed by atoms with Crippen LogP contribution in [0.1, 0.15) is 28.3 Å². The molecule has 2 amide bonds. The minimum Gasteiger partial charge on any atom is -0.339 e. The number of hydrogen-bond acceptors (Lipinski definition) is 2. The standard InChI is InChI=1S/C21H20ClFN2O2/c22-15-5-3-4-14(12-15)20(26)24-8-10-25(11-9-24)21(27)18-13-17(18)16-6-1-2-7-19(16)23/h1-7,12,17-18H,8-11,13H2. The van der Waals surface area contributed by atoms with Gasteiger partial charge in [0, 0.05) is 42.7 Å². The zero-order valence-electron chi connectivity index (χ0n) is 14.8. The summed E-state index contributed by atoms with van der Waals surface area (Å²) in [6.45, 7) is 2.00. The zero-order chi connectivity index (χ0) is 19.0. The molecule has 0 aromatic heterocycles. The van der Waals surface area contributed by atoms with Gasteiger partial charge in [0.2, 0.25) is 5.91 Å². The van der Waals surface area contributed by atoms with Crippen molar-refractivity contribution in [3.63, 3.8) is 0 Å². The fourth-order valence-corrected chi connectivity index (χ4v) is 3.95. The Hall–Kier alpha value is -2.40. The minimum atomic E-state index is -0.241. The fraction of sp³-hybridized carbons (Fsp3) is 0.333. The lowest BCUT2D eigenvalue weighted by atomic mass is 10.1. The SMILES string of the molecule is O=C(c1cccc(Cl)c1)N1CCN(C(=O)C2CC2c2ccccc2F)CC1. The maximum absolute atomic E-state index is 13.9.